The molecule has 1 aliphatic carbocycles. The number of anilines is 1. The van der Waals surface area contributed by atoms with E-state index in [1.165, 1.54) is 17.1 Å². The maximum absolute atomic E-state index is 13.9. The molecule has 7 N–H and O–H groups in total. The number of imide groups is 1. The standard InChI is InChI=1S/C28H38N6O7/c29-25(39)28(13-5-14-28)26(40)33(16-2-1-3-17-34-22(36)11-12-23(34)37)21(6-4-15-31-27(30)41)24(38)32-20-9-7-19(18-35)8-10-20/h7-12,21,35H,1-6,13-18H2,(H2,29,39)(H,32,38)(H3,30,31,41)/t21-/m0/s1. The van der Waals surface area contributed by atoms with Gasteiger partial charge in [-0.05, 0) is 62.6 Å². The Kier molecular flexibility index (Phi) is 11.0. The second-order valence-corrected chi connectivity index (χ2v) is 10.3. The SMILES string of the molecule is NC(=O)NCCC[C@@H](C(=O)Nc1ccc(CO)cc1)N(CCCCCN1C(=O)C=CC1=O)C(=O)C1(C(N)=O)CCC1. The van der Waals surface area contributed by atoms with Crippen LogP contribution in [-0.4, -0.2) is 76.1 Å². The maximum atomic E-state index is 13.9. The molecule has 3 rings (SSSR count). The Bertz CT molecular complexity index is 1160. The number of nitrogens with one attached hydrogen (secondary N) is 2. The van der Waals surface area contributed by atoms with Crippen LogP contribution in [-0.2, 0) is 30.6 Å². The number of hydrogen-bond acceptors (Lipinski definition) is 7. The van der Waals surface area contributed by atoms with E-state index in [1.807, 2.05) is 0 Å². The lowest BCUT2D eigenvalue weighted by atomic mass is 9.67. The van der Waals surface area contributed by atoms with Gasteiger partial charge in [0, 0.05) is 37.5 Å². The predicted molar refractivity (Wildman–Crippen MR) is 149 cm³/mol. The van der Waals surface area contributed by atoms with Gasteiger partial charge in [0.15, 0.2) is 0 Å². The number of benzene rings is 1. The van der Waals surface area contributed by atoms with Crippen molar-refractivity contribution in [3.05, 3.63) is 42.0 Å². The molecule has 1 aromatic carbocycles. The second kappa shape index (κ2) is 14.4. The minimum Gasteiger partial charge on any atom is -0.392 e. The van der Waals surface area contributed by atoms with Gasteiger partial charge >= 0.3 is 6.03 Å². The van der Waals surface area contributed by atoms with Crippen LogP contribution in [0.1, 0.15) is 56.9 Å². The number of carbonyl (C=O) groups is 6. The smallest absolute Gasteiger partial charge is 0.312 e. The molecule has 0 spiro atoms. The van der Waals surface area contributed by atoms with Crippen molar-refractivity contribution in [2.75, 3.05) is 25.0 Å². The molecule has 1 aliphatic heterocycles. The molecule has 1 heterocycles. The Morgan fingerprint density at radius 3 is 2.17 bits per heavy atom. The molecule has 7 amide bonds. The van der Waals surface area contributed by atoms with E-state index < -0.39 is 35.2 Å². The molecule has 222 valence electrons. The second-order valence-electron chi connectivity index (χ2n) is 10.3. The van der Waals surface area contributed by atoms with Crippen molar-refractivity contribution in [2.24, 2.45) is 16.9 Å². The molecule has 13 nitrogen and oxygen atoms in total. The van der Waals surface area contributed by atoms with Crippen LogP contribution in [0.3, 0.4) is 0 Å². The van der Waals surface area contributed by atoms with Gasteiger partial charge in [-0.15, -0.1) is 0 Å². The summed E-state index contributed by atoms with van der Waals surface area (Å²) in [5.41, 5.74) is 10.6. The zero-order chi connectivity index (χ0) is 30.0. The number of amides is 7. The Labute approximate surface area is 238 Å². The number of nitrogens with zero attached hydrogens (tertiary/aromatic N) is 2. The Balaban J connectivity index is 1.77. The van der Waals surface area contributed by atoms with Crippen molar-refractivity contribution in [2.45, 2.75) is 64.0 Å². The van der Waals surface area contributed by atoms with Gasteiger partial charge < -0.3 is 32.1 Å². The van der Waals surface area contributed by atoms with E-state index in [0.29, 0.717) is 56.2 Å². The summed E-state index contributed by atoms with van der Waals surface area (Å²) in [6, 6.07) is 4.88. The highest BCUT2D eigenvalue weighted by Crippen LogP contribution is 2.43. The van der Waals surface area contributed by atoms with Crippen LogP contribution in [0.2, 0.25) is 0 Å². The molecule has 2 aliphatic rings. The van der Waals surface area contributed by atoms with Crippen LogP contribution in [0.5, 0.6) is 0 Å². The van der Waals surface area contributed by atoms with Crippen molar-refractivity contribution in [3.63, 3.8) is 0 Å². The summed E-state index contributed by atoms with van der Waals surface area (Å²) in [7, 11) is 0. The number of aliphatic hydroxyl groups is 1. The van der Waals surface area contributed by atoms with E-state index in [0.717, 1.165) is 4.90 Å². The molecule has 41 heavy (non-hydrogen) atoms. The van der Waals surface area contributed by atoms with Gasteiger partial charge in [0.25, 0.3) is 11.8 Å². The zero-order valence-corrected chi connectivity index (χ0v) is 23.0. The first-order valence-electron chi connectivity index (χ1n) is 13.8. The third-order valence-electron chi connectivity index (χ3n) is 7.57. The van der Waals surface area contributed by atoms with E-state index in [-0.39, 0.29) is 44.5 Å². The largest absolute Gasteiger partial charge is 0.392 e. The van der Waals surface area contributed by atoms with Gasteiger partial charge in [0.2, 0.25) is 17.7 Å². The van der Waals surface area contributed by atoms with Gasteiger partial charge in [-0.25, -0.2) is 4.79 Å². The monoisotopic (exact) mass is 570 g/mol. The molecule has 0 radical (unpaired) electrons. The van der Waals surface area contributed by atoms with E-state index in [9.17, 15) is 33.9 Å². The average Bonchev–Trinajstić information content (AvgIpc) is 3.22. The fourth-order valence-corrected chi connectivity index (χ4v) is 5.00. The first kappa shape index (κ1) is 31.3. The van der Waals surface area contributed by atoms with E-state index >= 15 is 0 Å². The van der Waals surface area contributed by atoms with Crippen molar-refractivity contribution in [1.29, 1.82) is 0 Å². The number of urea groups is 1. The maximum Gasteiger partial charge on any atom is 0.312 e. The van der Waals surface area contributed by atoms with Crippen LogP contribution in [0.4, 0.5) is 10.5 Å². The number of rotatable bonds is 16. The fourth-order valence-electron chi connectivity index (χ4n) is 5.00. The zero-order valence-electron chi connectivity index (χ0n) is 23.0. The molecule has 1 saturated carbocycles. The summed E-state index contributed by atoms with van der Waals surface area (Å²) in [4.78, 5) is 77.2. The molecule has 1 fully saturated rings. The van der Waals surface area contributed by atoms with Gasteiger partial charge in [0.1, 0.15) is 11.5 Å². The van der Waals surface area contributed by atoms with Crippen LogP contribution in [0, 0.1) is 5.41 Å². The summed E-state index contributed by atoms with van der Waals surface area (Å²) in [5, 5.41) is 14.6. The van der Waals surface area contributed by atoms with Gasteiger partial charge in [-0.1, -0.05) is 18.6 Å². The molecular formula is C28H38N6O7. The van der Waals surface area contributed by atoms with Crippen molar-refractivity contribution < 1.29 is 33.9 Å². The summed E-state index contributed by atoms with van der Waals surface area (Å²) in [6.45, 7) is 0.395. The lowest BCUT2D eigenvalue weighted by Crippen LogP contribution is -2.59. The summed E-state index contributed by atoms with van der Waals surface area (Å²) >= 11 is 0. The van der Waals surface area contributed by atoms with E-state index in [4.69, 9.17) is 11.5 Å². The molecule has 1 atom stereocenters. The molecule has 0 saturated heterocycles. The number of nitrogens with two attached hydrogens (primary N) is 2. The number of primary amides is 2. The first-order chi connectivity index (χ1) is 19.6. The number of hydrogen-bond donors (Lipinski definition) is 5. The quantitative estimate of drug-likeness (QED) is 0.108. The molecular weight excluding hydrogens is 532 g/mol. The van der Waals surface area contributed by atoms with Crippen LogP contribution < -0.4 is 22.1 Å². The van der Waals surface area contributed by atoms with Crippen LogP contribution >= 0.6 is 0 Å². The molecule has 0 bridgehead atoms. The molecule has 13 heteroatoms. The highest BCUT2D eigenvalue weighted by molar-refractivity contribution is 6.12. The van der Waals surface area contributed by atoms with Crippen molar-refractivity contribution in [1.82, 2.24) is 15.1 Å². The van der Waals surface area contributed by atoms with Gasteiger partial charge in [-0.2, -0.15) is 0 Å². The Morgan fingerprint density at radius 2 is 1.63 bits per heavy atom. The van der Waals surface area contributed by atoms with Gasteiger partial charge in [0.05, 0.1) is 6.61 Å². The predicted octanol–water partition coefficient (Wildman–Crippen LogP) is 0.514. The van der Waals surface area contributed by atoms with Crippen molar-refractivity contribution >= 4 is 41.3 Å². The average molecular weight is 571 g/mol. The fraction of sp³-hybridized carbons (Fsp3) is 0.500. The first-order valence-corrected chi connectivity index (χ1v) is 13.8. The molecule has 0 unspecified atom stereocenters. The Hall–Kier alpha value is -4.26. The normalized spacial score (nSPS) is 16.2. The van der Waals surface area contributed by atoms with Crippen LogP contribution in [0.25, 0.3) is 0 Å². The minimum atomic E-state index is -1.38. The third kappa shape index (κ3) is 7.91. The molecule has 1 aromatic rings. The number of unbranched alkanes of at least 4 members (excludes halogenated alkanes) is 2. The van der Waals surface area contributed by atoms with Crippen LogP contribution in [0.15, 0.2) is 36.4 Å². The van der Waals surface area contributed by atoms with E-state index in [1.54, 1.807) is 24.3 Å². The number of carbonyl (C=O) groups excluding carboxylic acids is 6. The molecule has 0 aromatic heterocycles. The number of aliphatic hydroxyl groups excluding tert-OH is 1. The third-order valence-corrected chi connectivity index (χ3v) is 7.57. The highest BCUT2D eigenvalue weighted by atomic mass is 16.3. The lowest BCUT2D eigenvalue weighted by Gasteiger charge is -2.43. The van der Waals surface area contributed by atoms with Crippen molar-refractivity contribution in [3.8, 4) is 0 Å². The minimum absolute atomic E-state index is 0.138. The van der Waals surface area contributed by atoms with E-state index in [2.05, 4.69) is 10.6 Å². The Morgan fingerprint density at radius 1 is 0.976 bits per heavy atom. The summed E-state index contributed by atoms with van der Waals surface area (Å²) < 4.78 is 0. The summed E-state index contributed by atoms with van der Waals surface area (Å²) in [6.07, 6.45) is 5.67. The lowest BCUT2D eigenvalue weighted by molar-refractivity contribution is -0.159. The summed E-state index contributed by atoms with van der Waals surface area (Å²) in [5.74, 6) is -2.45. The highest BCUT2D eigenvalue weighted by Gasteiger charge is 2.52. The topological polar surface area (TPSA) is 205 Å². The van der Waals surface area contributed by atoms with Gasteiger partial charge in [-0.3, -0.25) is 28.9 Å².